The molecular formula is C16H15N2+. The Morgan fingerprint density at radius 2 is 1.94 bits per heavy atom. The van der Waals surface area contributed by atoms with E-state index in [1.54, 1.807) is 0 Å². The van der Waals surface area contributed by atoms with Gasteiger partial charge in [0.05, 0.1) is 0 Å². The summed E-state index contributed by atoms with van der Waals surface area (Å²) < 4.78 is 2.15. The highest BCUT2D eigenvalue weighted by molar-refractivity contribution is 5.89. The van der Waals surface area contributed by atoms with E-state index in [0.29, 0.717) is 0 Å². The van der Waals surface area contributed by atoms with Crippen LogP contribution in [0.4, 0.5) is 0 Å². The molecule has 0 amide bonds. The van der Waals surface area contributed by atoms with E-state index in [2.05, 4.69) is 60.1 Å². The van der Waals surface area contributed by atoms with Gasteiger partial charge in [-0.25, -0.2) is 4.57 Å². The highest BCUT2D eigenvalue weighted by Gasteiger charge is 2.12. The molecule has 1 aromatic carbocycles. The van der Waals surface area contributed by atoms with Crippen molar-refractivity contribution in [1.82, 2.24) is 4.98 Å². The van der Waals surface area contributed by atoms with E-state index < -0.39 is 0 Å². The molecule has 0 aliphatic carbocycles. The van der Waals surface area contributed by atoms with Crippen LogP contribution in [-0.2, 0) is 7.05 Å². The molecule has 0 unspecified atom stereocenters. The van der Waals surface area contributed by atoms with Crippen LogP contribution in [0.1, 0.15) is 5.56 Å². The summed E-state index contributed by atoms with van der Waals surface area (Å²) in [6, 6.07) is 12.7. The Morgan fingerprint density at radius 3 is 2.78 bits per heavy atom. The predicted molar refractivity (Wildman–Crippen MR) is 73.1 cm³/mol. The molecule has 3 aromatic rings. The molecule has 0 fully saturated rings. The van der Waals surface area contributed by atoms with Crippen molar-refractivity contribution in [2.24, 2.45) is 7.05 Å². The Morgan fingerprint density at radius 1 is 1.06 bits per heavy atom. The van der Waals surface area contributed by atoms with Gasteiger partial charge in [0, 0.05) is 35.5 Å². The zero-order chi connectivity index (χ0) is 12.5. The first-order valence-electron chi connectivity index (χ1n) is 6.06. The van der Waals surface area contributed by atoms with Crippen LogP contribution in [0.25, 0.3) is 22.0 Å². The van der Waals surface area contributed by atoms with Gasteiger partial charge >= 0.3 is 0 Å². The van der Waals surface area contributed by atoms with E-state index in [-0.39, 0.29) is 0 Å². The summed E-state index contributed by atoms with van der Waals surface area (Å²) in [7, 11) is 2.07. The third-order valence-corrected chi connectivity index (χ3v) is 3.42. The second-order valence-corrected chi connectivity index (χ2v) is 4.53. The zero-order valence-corrected chi connectivity index (χ0v) is 10.6. The summed E-state index contributed by atoms with van der Waals surface area (Å²) in [5.74, 6) is 0. The van der Waals surface area contributed by atoms with Gasteiger partial charge in [-0.05, 0) is 36.1 Å². The molecule has 2 heterocycles. The maximum atomic E-state index is 4.17. The molecule has 0 radical (unpaired) electrons. The van der Waals surface area contributed by atoms with Crippen LogP contribution in [0.3, 0.4) is 0 Å². The van der Waals surface area contributed by atoms with Crippen LogP contribution in [0, 0.1) is 6.92 Å². The normalized spacial score (nSPS) is 10.8. The van der Waals surface area contributed by atoms with E-state index in [9.17, 15) is 0 Å². The molecule has 0 saturated carbocycles. The minimum absolute atomic E-state index is 1.19. The van der Waals surface area contributed by atoms with Crippen LogP contribution in [0.2, 0.25) is 0 Å². The van der Waals surface area contributed by atoms with Gasteiger partial charge in [-0.2, -0.15) is 0 Å². The molecule has 2 heteroatoms. The second-order valence-electron chi connectivity index (χ2n) is 4.53. The van der Waals surface area contributed by atoms with Gasteiger partial charge in [0.25, 0.3) is 0 Å². The molecule has 0 saturated heterocycles. The molecule has 0 spiro atoms. The lowest BCUT2D eigenvalue weighted by molar-refractivity contribution is -0.660. The number of rotatable bonds is 1. The number of aromatic nitrogens is 2. The smallest absolute Gasteiger partial charge is 0.212 e. The topological polar surface area (TPSA) is 16.8 Å². The Kier molecular flexibility index (Phi) is 2.56. The number of hydrogen-bond donors (Lipinski definition) is 0. The number of pyridine rings is 2. The van der Waals surface area contributed by atoms with Crippen molar-refractivity contribution in [1.29, 1.82) is 0 Å². The Bertz CT molecular complexity index is 717. The quantitative estimate of drug-likeness (QED) is 0.592. The first kappa shape index (κ1) is 10.9. The second kappa shape index (κ2) is 4.22. The monoisotopic (exact) mass is 235 g/mol. The van der Waals surface area contributed by atoms with Crippen LogP contribution < -0.4 is 4.57 Å². The van der Waals surface area contributed by atoms with Crippen molar-refractivity contribution in [3.05, 3.63) is 60.6 Å². The van der Waals surface area contributed by atoms with E-state index in [1.165, 1.54) is 27.6 Å². The van der Waals surface area contributed by atoms with Gasteiger partial charge in [-0.15, -0.1) is 0 Å². The first-order chi connectivity index (χ1) is 8.77. The largest absolute Gasteiger partial charge is 0.264 e. The lowest BCUT2D eigenvalue weighted by Gasteiger charge is -2.07. The molecule has 3 rings (SSSR count). The van der Waals surface area contributed by atoms with Gasteiger partial charge in [0.1, 0.15) is 7.05 Å². The molecule has 88 valence electrons. The van der Waals surface area contributed by atoms with Gasteiger partial charge < -0.3 is 0 Å². The predicted octanol–water partition coefficient (Wildman–Crippen LogP) is 3.03. The molecule has 2 aromatic heterocycles. The van der Waals surface area contributed by atoms with Gasteiger partial charge in [-0.1, -0.05) is 6.07 Å². The fourth-order valence-electron chi connectivity index (χ4n) is 2.40. The number of aryl methyl sites for hydroxylation is 2. The molecule has 2 nitrogen and oxygen atoms in total. The van der Waals surface area contributed by atoms with Crippen molar-refractivity contribution in [2.75, 3.05) is 0 Å². The molecule has 0 aliphatic heterocycles. The fourth-order valence-corrected chi connectivity index (χ4v) is 2.40. The molecule has 0 bridgehead atoms. The third kappa shape index (κ3) is 1.66. The zero-order valence-electron chi connectivity index (χ0n) is 10.6. The maximum Gasteiger partial charge on any atom is 0.212 e. The highest BCUT2D eigenvalue weighted by atomic mass is 14.9. The molecular weight excluding hydrogens is 220 g/mol. The van der Waals surface area contributed by atoms with Crippen LogP contribution in [-0.4, -0.2) is 4.98 Å². The summed E-state index contributed by atoms with van der Waals surface area (Å²) in [6.07, 6.45) is 5.84. The lowest BCUT2D eigenvalue weighted by Crippen LogP contribution is -2.30. The average molecular weight is 235 g/mol. The summed E-state index contributed by atoms with van der Waals surface area (Å²) in [6.45, 7) is 2.17. The average Bonchev–Trinajstić information content (AvgIpc) is 2.41. The molecule has 0 aliphatic rings. The van der Waals surface area contributed by atoms with Crippen LogP contribution in [0.15, 0.2) is 55.0 Å². The van der Waals surface area contributed by atoms with Gasteiger partial charge in [0.15, 0.2) is 6.20 Å². The number of benzene rings is 1. The lowest BCUT2D eigenvalue weighted by atomic mass is 9.99. The number of nitrogens with zero attached hydrogens (tertiary/aromatic N) is 2. The van der Waals surface area contributed by atoms with Gasteiger partial charge in [-0.3, -0.25) is 4.98 Å². The highest BCUT2D eigenvalue weighted by Crippen LogP contribution is 2.27. The van der Waals surface area contributed by atoms with Crippen molar-refractivity contribution in [3.8, 4) is 11.3 Å². The van der Waals surface area contributed by atoms with Crippen molar-refractivity contribution in [2.45, 2.75) is 6.92 Å². The van der Waals surface area contributed by atoms with Gasteiger partial charge in [0.2, 0.25) is 5.69 Å². The standard InChI is InChI=1S/C16H15N2/c1-12-14-8-9-17-11-13(14)6-7-15(12)16-5-3-4-10-18(16)2/h3-11H,1-2H3/q+1. The minimum atomic E-state index is 1.19. The minimum Gasteiger partial charge on any atom is -0.264 e. The van der Waals surface area contributed by atoms with Crippen molar-refractivity contribution in [3.63, 3.8) is 0 Å². The third-order valence-electron chi connectivity index (χ3n) is 3.42. The van der Waals surface area contributed by atoms with E-state index in [0.717, 1.165) is 0 Å². The molecule has 0 atom stereocenters. The van der Waals surface area contributed by atoms with Crippen molar-refractivity contribution < 1.29 is 4.57 Å². The van der Waals surface area contributed by atoms with Crippen LogP contribution >= 0.6 is 0 Å². The van der Waals surface area contributed by atoms with E-state index in [1.807, 2.05) is 18.5 Å². The summed E-state index contributed by atoms with van der Waals surface area (Å²) >= 11 is 0. The fraction of sp³-hybridized carbons (Fsp3) is 0.125. The number of hydrogen-bond acceptors (Lipinski definition) is 1. The molecule has 0 N–H and O–H groups in total. The molecule has 18 heavy (non-hydrogen) atoms. The SMILES string of the molecule is Cc1c(-c2cccc[n+]2C)ccc2cnccc12. The Labute approximate surface area is 107 Å². The van der Waals surface area contributed by atoms with E-state index >= 15 is 0 Å². The van der Waals surface area contributed by atoms with Crippen molar-refractivity contribution >= 4 is 10.8 Å². The number of fused-ring (bicyclic) bond motifs is 1. The summed E-state index contributed by atoms with van der Waals surface area (Å²) in [5.41, 5.74) is 3.81. The summed E-state index contributed by atoms with van der Waals surface area (Å²) in [5, 5.41) is 2.46. The van der Waals surface area contributed by atoms with Crippen LogP contribution in [0.5, 0.6) is 0 Å². The maximum absolute atomic E-state index is 4.17. The summed E-state index contributed by atoms with van der Waals surface area (Å²) in [4.78, 5) is 4.17. The Hall–Kier alpha value is -2.22. The van der Waals surface area contributed by atoms with E-state index in [4.69, 9.17) is 0 Å². The first-order valence-corrected chi connectivity index (χ1v) is 6.06. The Balaban J connectivity index is 2.31.